The molecule has 242 valence electrons. The first kappa shape index (κ1) is 32.5. The number of nitrogens with one attached hydrogen (secondary N) is 1. The lowest BCUT2D eigenvalue weighted by atomic mass is 9.33. The third kappa shape index (κ3) is 4.48. The molecule has 5 nitrogen and oxygen atoms in total. The van der Waals surface area contributed by atoms with Crippen molar-refractivity contribution in [2.75, 3.05) is 0 Å². The zero-order valence-electron chi connectivity index (χ0n) is 27.6. The number of carbonyl (C=O) groups is 3. The second-order valence-electron chi connectivity index (χ2n) is 16.5. The molecule has 4 fully saturated rings. The molecule has 5 aliphatic rings. The average molecular weight is 608 g/mol. The minimum atomic E-state index is -4.55. The van der Waals surface area contributed by atoms with Crippen LogP contribution in [0.15, 0.2) is 11.1 Å². The Balaban J connectivity index is 1.55. The van der Waals surface area contributed by atoms with Crippen LogP contribution in [0.2, 0.25) is 0 Å². The van der Waals surface area contributed by atoms with Crippen LogP contribution < -0.4 is 5.32 Å². The van der Waals surface area contributed by atoms with Crippen LogP contribution in [0.5, 0.6) is 0 Å². The fourth-order valence-corrected chi connectivity index (χ4v) is 11.7. The molecule has 1 N–H and O–H groups in total. The van der Waals surface area contributed by atoms with Gasteiger partial charge in [-0.15, -0.1) is 0 Å². The zero-order chi connectivity index (χ0) is 32.1. The molecular weight excluding hydrogens is 555 g/mol. The van der Waals surface area contributed by atoms with Gasteiger partial charge in [-0.3, -0.25) is 14.4 Å². The topological polar surface area (TPSA) is 72.5 Å². The summed E-state index contributed by atoms with van der Waals surface area (Å²) in [6.45, 7) is 18.2. The Kier molecular flexibility index (Phi) is 7.62. The number of hydrogen-bond acceptors (Lipinski definition) is 4. The van der Waals surface area contributed by atoms with Crippen molar-refractivity contribution in [3.63, 3.8) is 0 Å². The van der Waals surface area contributed by atoms with Gasteiger partial charge in [-0.05, 0) is 109 Å². The molecule has 5 aliphatic carbocycles. The normalized spacial score (nSPS) is 42.9. The smallest absolute Gasteiger partial charge is 0.408 e. The lowest BCUT2D eigenvalue weighted by Gasteiger charge is -2.72. The predicted molar refractivity (Wildman–Crippen MR) is 159 cm³/mol. The van der Waals surface area contributed by atoms with Gasteiger partial charge in [-0.2, -0.15) is 13.2 Å². The van der Waals surface area contributed by atoms with Crippen LogP contribution in [0.1, 0.15) is 120 Å². The van der Waals surface area contributed by atoms with E-state index in [4.69, 9.17) is 4.74 Å². The quantitative estimate of drug-likeness (QED) is 0.329. The number of alkyl halides is 3. The van der Waals surface area contributed by atoms with Crippen LogP contribution in [0, 0.1) is 50.7 Å². The molecule has 0 aromatic carbocycles. The van der Waals surface area contributed by atoms with Crippen LogP contribution in [0.4, 0.5) is 13.2 Å². The summed E-state index contributed by atoms with van der Waals surface area (Å²) in [6.07, 6.45) is 2.06. The lowest BCUT2D eigenvalue weighted by molar-refractivity contribution is -0.232. The van der Waals surface area contributed by atoms with Crippen molar-refractivity contribution < 1.29 is 32.3 Å². The largest absolute Gasteiger partial charge is 0.462 e. The number of ether oxygens (including phenoxy) is 1. The molecule has 9 atom stereocenters. The highest BCUT2D eigenvalue weighted by Crippen LogP contribution is 2.76. The molecule has 0 aliphatic heterocycles. The van der Waals surface area contributed by atoms with E-state index in [1.54, 1.807) is 0 Å². The van der Waals surface area contributed by atoms with Gasteiger partial charge in [0.05, 0.1) is 5.41 Å². The molecule has 0 aromatic heterocycles. The standard InChI is InChI=1S/C35H52F3NO4/c1-19(2)27-23(41)18-34(29(42)39-20(3)35(36,37)38)17-16-32(8)22(28(27)34)10-11-25-31(7)14-13-26(43-21(4)40)30(5,6)24(31)12-15-33(25,32)9/h19-20,22,24-26H,10-18H2,1-9H3,(H,39,42)/t20-,22-,24?,25?,26+,31+,32-,33-,34-/m1/s1. The Morgan fingerprint density at radius 1 is 0.884 bits per heavy atom. The number of hydrogen-bond donors (Lipinski definition) is 1. The summed E-state index contributed by atoms with van der Waals surface area (Å²) in [7, 11) is 0. The Morgan fingerprint density at radius 2 is 1.53 bits per heavy atom. The van der Waals surface area contributed by atoms with Crippen LogP contribution in [-0.4, -0.2) is 36.0 Å². The minimum absolute atomic E-state index is 0.0233. The monoisotopic (exact) mass is 607 g/mol. The first-order chi connectivity index (χ1) is 19.7. The van der Waals surface area contributed by atoms with E-state index >= 15 is 0 Å². The minimum Gasteiger partial charge on any atom is -0.462 e. The van der Waals surface area contributed by atoms with Gasteiger partial charge in [0.2, 0.25) is 5.91 Å². The molecule has 0 aromatic rings. The number of rotatable bonds is 4. The number of carbonyl (C=O) groups excluding carboxylic acids is 3. The summed E-state index contributed by atoms with van der Waals surface area (Å²) in [5.74, 6) is -0.240. The second-order valence-corrected chi connectivity index (χ2v) is 16.5. The van der Waals surface area contributed by atoms with Crippen LogP contribution >= 0.6 is 0 Å². The van der Waals surface area contributed by atoms with Gasteiger partial charge in [0, 0.05) is 18.8 Å². The zero-order valence-corrected chi connectivity index (χ0v) is 27.6. The number of fused-ring (bicyclic) bond motifs is 7. The van der Waals surface area contributed by atoms with Crippen LogP contribution in [0.3, 0.4) is 0 Å². The van der Waals surface area contributed by atoms with Crippen LogP contribution in [0.25, 0.3) is 0 Å². The van der Waals surface area contributed by atoms with Crippen molar-refractivity contribution in [1.82, 2.24) is 5.32 Å². The Morgan fingerprint density at radius 3 is 2.12 bits per heavy atom. The molecule has 0 bridgehead atoms. The molecule has 0 radical (unpaired) electrons. The van der Waals surface area contributed by atoms with E-state index in [2.05, 4.69) is 39.9 Å². The van der Waals surface area contributed by atoms with Crippen molar-refractivity contribution in [1.29, 1.82) is 0 Å². The van der Waals surface area contributed by atoms with Crippen molar-refractivity contribution in [2.45, 2.75) is 138 Å². The van der Waals surface area contributed by atoms with E-state index in [1.807, 2.05) is 13.8 Å². The fourth-order valence-electron chi connectivity index (χ4n) is 11.7. The third-order valence-electron chi connectivity index (χ3n) is 14.0. The lowest BCUT2D eigenvalue weighted by Crippen LogP contribution is -2.66. The molecular formula is C35H52F3NO4. The summed E-state index contributed by atoms with van der Waals surface area (Å²) >= 11 is 0. The van der Waals surface area contributed by atoms with Crippen molar-refractivity contribution in [3.8, 4) is 0 Å². The number of amides is 1. The number of halogens is 3. The fraction of sp³-hybridized carbons (Fsp3) is 0.857. The SMILES string of the molecule is CC(=O)O[C@H]1CC[C@@]2(C)C(CC[C@]3(C)C2CC[C@@H]2C4=C(C(C)C)C(=O)C[C@]4(C(=O)N[C@H](C)C(F)(F)F)CC[C@]23C)C1(C)C. The van der Waals surface area contributed by atoms with Gasteiger partial charge >= 0.3 is 12.1 Å². The second kappa shape index (κ2) is 10.1. The first-order valence-corrected chi connectivity index (χ1v) is 16.5. The third-order valence-corrected chi connectivity index (χ3v) is 14.0. The Labute approximate surface area is 255 Å². The van der Waals surface area contributed by atoms with E-state index in [9.17, 15) is 27.6 Å². The highest BCUT2D eigenvalue weighted by molar-refractivity contribution is 6.07. The average Bonchev–Trinajstić information content (AvgIpc) is 3.19. The van der Waals surface area contributed by atoms with E-state index in [-0.39, 0.29) is 57.8 Å². The van der Waals surface area contributed by atoms with Crippen LogP contribution in [-0.2, 0) is 19.1 Å². The maximum Gasteiger partial charge on any atom is 0.408 e. The molecule has 0 saturated heterocycles. The van der Waals surface area contributed by atoms with E-state index in [0.717, 1.165) is 51.0 Å². The Hall–Kier alpha value is -1.86. The van der Waals surface area contributed by atoms with Gasteiger partial charge in [0.15, 0.2) is 5.78 Å². The van der Waals surface area contributed by atoms with Crippen molar-refractivity contribution >= 4 is 17.7 Å². The molecule has 2 unspecified atom stereocenters. The number of esters is 1. The molecule has 0 spiro atoms. The molecule has 8 heteroatoms. The number of allylic oxidation sites excluding steroid dienone is 1. The molecule has 1 amide bonds. The van der Waals surface area contributed by atoms with Gasteiger partial charge < -0.3 is 10.1 Å². The van der Waals surface area contributed by atoms with Crippen molar-refractivity contribution in [3.05, 3.63) is 11.1 Å². The van der Waals surface area contributed by atoms with Crippen molar-refractivity contribution in [2.24, 2.45) is 50.7 Å². The molecule has 5 rings (SSSR count). The van der Waals surface area contributed by atoms with Gasteiger partial charge in [0.25, 0.3) is 0 Å². The molecule has 4 saturated carbocycles. The summed E-state index contributed by atoms with van der Waals surface area (Å²) in [5.41, 5.74) is -0.00784. The van der Waals surface area contributed by atoms with E-state index in [1.165, 1.54) is 6.92 Å². The Bertz CT molecular complexity index is 1240. The highest BCUT2D eigenvalue weighted by atomic mass is 19.4. The predicted octanol–water partition coefficient (Wildman–Crippen LogP) is 7.97. The summed E-state index contributed by atoms with van der Waals surface area (Å²) in [4.78, 5) is 39.5. The van der Waals surface area contributed by atoms with Gasteiger partial charge in [-0.25, -0.2) is 0 Å². The van der Waals surface area contributed by atoms with Gasteiger partial charge in [-0.1, -0.05) is 48.5 Å². The molecule has 0 heterocycles. The van der Waals surface area contributed by atoms with E-state index in [0.29, 0.717) is 30.3 Å². The summed E-state index contributed by atoms with van der Waals surface area (Å²) < 4.78 is 46.5. The van der Waals surface area contributed by atoms with Gasteiger partial charge in [0.1, 0.15) is 12.1 Å². The summed E-state index contributed by atoms with van der Waals surface area (Å²) in [5, 5.41) is 2.29. The van der Waals surface area contributed by atoms with E-state index < -0.39 is 23.5 Å². The maximum atomic E-state index is 13.9. The highest BCUT2D eigenvalue weighted by Gasteiger charge is 2.71. The summed E-state index contributed by atoms with van der Waals surface area (Å²) in [6, 6.07) is -1.98. The molecule has 43 heavy (non-hydrogen) atoms. The maximum absolute atomic E-state index is 13.9. The first-order valence-electron chi connectivity index (χ1n) is 16.5. The number of ketones is 1. The number of Topliss-reactive ketones (excluding diaryl/α,β-unsaturated/α-hetero) is 1.